The van der Waals surface area contributed by atoms with Crippen LogP contribution in [0, 0.1) is 0 Å². The summed E-state index contributed by atoms with van der Waals surface area (Å²) >= 11 is 1.73. The molecule has 130 valence electrons. The number of nitrogens with one attached hydrogen (secondary N) is 1. The molecule has 0 bridgehead atoms. The molecule has 1 atom stereocenters. The van der Waals surface area contributed by atoms with Gasteiger partial charge in [-0.3, -0.25) is 9.69 Å². The molecule has 0 aliphatic carbocycles. The third kappa shape index (κ3) is 4.47. The van der Waals surface area contributed by atoms with Gasteiger partial charge in [0.2, 0.25) is 5.91 Å². The van der Waals surface area contributed by atoms with Crippen molar-refractivity contribution in [2.24, 2.45) is 0 Å². The molecule has 0 aliphatic rings. The van der Waals surface area contributed by atoms with Crippen molar-refractivity contribution in [2.75, 3.05) is 13.1 Å². The lowest BCUT2D eigenvalue weighted by atomic mass is 10.00. The Balaban J connectivity index is 1.65. The number of thiophene rings is 1. The van der Waals surface area contributed by atoms with E-state index >= 15 is 0 Å². The van der Waals surface area contributed by atoms with Crippen LogP contribution in [0.15, 0.2) is 60.0 Å². The highest BCUT2D eigenvalue weighted by Crippen LogP contribution is 2.24. The molecule has 2 aromatic carbocycles. The fraction of sp³-hybridized carbons (Fsp3) is 0.286. The second-order valence-electron chi connectivity index (χ2n) is 6.24. The van der Waals surface area contributed by atoms with Crippen LogP contribution in [0.25, 0.3) is 10.8 Å². The molecule has 1 aromatic heterocycles. The minimum Gasteiger partial charge on any atom is -0.348 e. The van der Waals surface area contributed by atoms with Gasteiger partial charge in [0.1, 0.15) is 0 Å². The molecular formula is C21H24N2OS. The van der Waals surface area contributed by atoms with Crippen molar-refractivity contribution in [3.05, 3.63) is 70.4 Å². The molecule has 3 aromatic rings. The van der Waals surface area contributed by atoms with Crippen LogP contribution in [0.5, 0.6) is 0 Å². The number of carbonyl (C=O) groups is 1. The zero-order valence-electron chi connectivity index (χ0n) is 14.7. The van der Waals surface area contributed by atoms with E-state index < -0.39 is 0 Å². The molecule has 3 rings (SSSR count). The smallest absolute Gasteiger partial charge is 0.234 e. The highest BCUT2D eigenvalue weighted by atomic mass is 32.1. The molecule has 1 N–H and O–H groups in total. The standard InChI is InChI=1S/C21H24N2OS/c1-3-23(14-18-10-7-13-25-18)15-21(24)22-16(2)19-12-6-9-17-8-4-5-11-20(17)19/h4-13,16H,3,14-15H2,1-2H3,(H,22,24)/t16-/m0/s1. The molecule has 1 amide bonds. The van der Waals surface area contributed by atoms with E-state index in [9.17, 15) is 4.79 Å². The number of likely N-dealkylation sites (N-methyl/N-ethyl adjacent to an activating group) is 1. The number of rotatable bonds is 7. The van der Waals surface area contributed by atoms with E-state index in [1.807, 2.05) is 12.1 Å². The minimum atomic E-state index is -0.0148. The lowest BCUT2D eigenvalue weighted by molar-refractivity contribution is -0.123. The molecule has 0 radical (unpaired) electrons. The maximum Gasteiger partial charge on any atom is 0.234 e. The number of benzene rings is 2. The predicted octanol–water partition coefficient (Wildman–Crippen LogP) is 4.60. The topological polar surface area (TPSA) is 32.3 Å². The first-order valence-corrected chi connectivity index (χ1v) is 9.57. The van der Waals surface area contributed by atoms with Crippen molar-refractivity contribution in [1.82, 2.24) is 10.2 Å². The van der Waals surface area contributed by atoms with Crippen molar-refractivity contribution in [1.29, 1.82) is 0 Å². The van der Waals surface area contributed by atoms with Crippen LogP contribution in [0.2, 0.25) is 0 Å². The highest BCUT2D eigenvalue weighted by molar-refractivity contribution is 7.09. The van der Waals surface area contributed by atoms with Crippen molar-refractivity contribution in [2.45, 2.75) is 26.4 Å². The molecule has 3 nitrogen and oxygen atoms in total. The molecule has 0 unspecified atom stereocenters. The van der Waals surface area contributed by atoms with Crippen molar-refractivity contribution in [3.63, 3.8) is 0 Å². The zero-order chi connectivity index (χ0) is 17.6. The Morgan fingerprint density at radius 3 is 2.68 bits per heavy atom. The maximum absolute atomic E-state index is 12.5. The number of hydrogen-bond acceptors (Lipinski definition) is 3. The molecule has 4 heteroatoms. The molecule has 25 heavy (non-hydrogen) atoms. The van der Waals surface area contributed by atoms with Crippen LogP contribution >= 0.6 is 11.3 Å². The van der Waals surface area contributed by atoms with Crippen LogP contribution in [0.3, 0.4) is 0 Å². The Labute approximate surface area is 153 Å². The Hall–Kier alpha value is -2.17. The number of hydrogen-bond donors (Lipinski definition) is 1. The van der Waals surface area contributed by atoms with E-state index in [0.29, 0.717) is 6.54 Å². The van der Waals surface area contributed by atoms with E-state index in [1.165, 1.54) is 15.6 Å². The van der Waals surface area contributed by atoms with Crippen LogP contribution in [0.1, 0.15) is 30.3 Å². The zero-order valence-corrected chi connectivity index (χ0v) is 15.6. The summed E-state index contributed by atoms with van der Waals surface area (Å²) in [7, 11) is 0. The third-order valence-electron chi connectivity index (χ3n) is 4.44. The summed E-state index contributed by atoms with van der Waals surface area (Å²) in [6.07, 6.45) is 0. The summed E-state index contributed by atoms with van der Waals surface area (Å²) in [6, 6.07) is 18.7. The molecule has 0 saturated carbocycles. The monoisotopic (exact) mass is 352 g/mol. The van der Waals surface area contributed by atoms with E-state index in [0.717, 1.165) is 18.7 Å². The van der Waals surface area contributed by atoms with Crippen molar-refractivity contribution in [3.8, 4) is 0 Å². The van der Waals surface area contributed by atoms with Gasteiger partial charge in [-0.2, -0.15) is 0 Å². The number of fused-ring (bicyclic) bond motifs is 1. The van der Waals surface area contributed by atoms with Gasteiger partial charge in [-0.1, -0.05) is 55.5 Å². The Bertz CT molecular complexity index is 824. The Kier molecular flexibility index (Phi) is 5.84. The summed E-state index contributed by atoms with van der Waals surface area (Å²) in [4.78, 5) is 16.0. The van der Waals surface area contributed by atoms with E-state index in [4.69, 9.17) is 0 Å². The van der Waals surface area contributed by atoms with Gasteiger partial charge in [-0.15, -0.1) is 11.3 Å². The second kappa shape index (κ2) is 8.28. The fourth-order valence-corrected chi connectivity index (χ4v) is 3.84. The number of nitrogens with zero attached hydrogens (tertiary/aromatic N) is 1. The Morgan fingerprint density at radius 1 is 1.12 bits per heavy atom. The quantitative estimate of drug-likeness (QED) is 0.674. The highest BCUT2D eigenvalue weighted by Gasteiger charge is 2.15. The first-order chi connectivity index (χ1) is 12.2. The van der Waals surface area contributed by atoms with Crippen molar-refractivity contribution >= 4 is 28.0 Å². The van der Waals surface area contributed by atoms with Gasteiger partial charge in [-0.05, 0) is 41.3 Å². The lowest BCUT2D eigenvalue weighted by Crippen LogP contribution is -2.37. The molecule has 1 heterocycles. The van der Waals surface area contributed by atoms with Gasteiger partial charge in [0.15, 0.2) is 0 Å². The van der Waals surface area contributed by atoms with Crippen LogP contribution in [-0.4, -0.2) is 23.9 Å². The summed E-state index contributed by atoms with van der Waals surface area (Å²) < 4.78 is 0. The van der Waals surface area contributed by atoms with Crippen LogP contribution in [-0.2, 0) is 11.3 Å². The van der Waals surface area contributed by atoms with Crippen molar-refractivity contribution < 1.29 is 4.79 Å². The SMILES string of the molecule is CCN(CC(=O)N[C@@H](C)c1cccc2ccccc12)Cc1cccs1. The molecular weight excluding hydrogens is 328 g/mol. The summed E-state index contributed by atoms with van der Waals surface area (Å²) in [5, 5.41) is 7.63. The predicted molar refractivity (Wildman–Crippen MR) is 106 cm³/mol. The molecule has 0 fully saturated rings. The largest absolute Gasteiger partial charge is 0.348 e. The van der Waals surface area contributed by atoms with Gasteiger partial charge in [-0.25, -0.2) is 0 Å². The minimum absolute atomic E-state index is 0.0148. The van der Waals surface area contributed by atoms with E-state index in [2.05, 4.69) is 71.9 Å². The summed E-state index contributed by atoms with van der Waals surface area (Å²) in [5.74, 6) is 0.0684. The van der Waals surface area contributed by atoms with E-state index in [-0.39, 0.29) is 11.9 Å². The summed E-state index contributed by atoms with van der Waals surface area (Å²) in [6.45, 7) is 6.24. The molecule has 0 saturated heterocycles. The van der Waals surface area contributed by atoms with Gasteiger partial charge in [0, 0.05) is 11.4 Å². The maximum atomic E-state index is 12.5. The van der Waals surface area contributed by atoms with E-state index in [1.54, 1.807) is 11.3 Å². The van der Waals surface area contributed by atoms with Gasteiger partial charge >= 0.3 is 0 Å². The third-order valence-corrected chi connectivity index (χ3v) is 5.30. The van der Waals surface area contributed by atoms with Gasteiger partial charge in [0.05, 0.1) is 12.6 Å². The first kappa shape index (κ1) is 17.6. The van der Waals surface area contributed by atoms with Crippen LogP contribution in [0.4, 0.5) is 0 Å². The lowest BCUT2D eigenvalue weighted by Gasteiger charge is -2.22. The molecule has 0 aliphatic heterocycles. The molecule has 0 spiro atoms. The normalized spacial score (nSPS) is 12.4. The second-order valence-corrected chi connectivity index (χ2v) is 7.27. The number of carbonyl (C=O) groups excluding carboxylic acids is 1. The average molecular weight is 353 g/mol. The van der Waals surface area contributed by atoms with Gasteiger partial charge in [0.25, 0.3) is 0 Å². The number of amides is 1. The first-order valence-electron chi connectivity index (χ1n) is 8.69. The average Bonchev–Trinajstić information content (AvgIpc) is 3.13. The summed E-state index contributed by atoms with van der Waals surface area (Å²) in [5.41, 5.74) is 1.16. The van der Waals surface area contributed by atoms with Gasteiger partial charge < -0.3 is 5.32 Å². The fourth-order valence-electron chi connectivity index (χ4n) is 3.10. The van der Waals surface area contributed by atoms with Crippen LogP contribution < -0.4 is 5.32 Å². The Morgan fingerprint density at radius 2 is 1.92 bits per heavy atom.